The molecule has 0 aromatic rings. The molecular formula is C9H18N2O. The lowest BCUT2D eigenvalue weighted by molar-refractivity contribution is -0.130. The number of hydrogen-bond donors (Lipinski definition) is 1. The zero-order valence-corrected chi connectivity index (χ0v) is 8.18. The van der Waals surface area contributed by atoms with Gasteiger partial charge in [-0.25, -0.2) is 0 Å². The summed E-state index contributed by atoms with van der Waals surface area (Å²) in [7, 11) is 1.99. The summed E-state index contributed by atoms with van der Waals surface area (Å²) < 4.78 is 0. The van der Waals surface area contributed by atoms with Gasteiger partial charge in [0.2, 0.25) is 5.91 Å². The molecule has 0 unspecified atom stereocenters. The van der Waals surface area contributed by atoms with E-state index in [1.54, 1.807) is 6.92 Å². The third-order valence-corrected chi connectivity index (χ3v) is 2.92. The monoisotopic (exact) mass is 170 g/mol. The van der Waals surface area contributed by atoms with Crippen LogP contribution < -0.4 is 5.32 Å². The van der Waals surface area contributed by atoms with Gasteiger partial charge in [0, 0.05) is 25.6 Å². The van der Waals surface area contributed by atoms with E-state index < -0.39 is 0 Å². The largest absolute Gasteiger partial charge is 0.343 e. The summed E-state index contributed by atoms with van der Waals surface area (Å²) >= 11 is 0. The molecule has 1 amide bonds. The van der Waals surface area contributed by atoms with E-state index in [9.17, 15) is 4.79 Å². The molecule has 1 aliphatic rings. The smallest absolute Gasteiger partial charge is 0.219 e. The minimum atomic E-state index is 0.202. The van der Waals surface area contributed by atoms with E-state index in [0.29, 0.717) is 0 Å². The van der Waals surface area contributed by atoms with Gasteiger partial charge in [-0.05, 0) is 26.8 Å². The van der Waals surface area contributed by atoms with Crippen LogP contribution in [0.4, 0.5) is 0 Å². The highest BCUT2D eigenvalue weighted by Gasteiger charge is 2.28. The molecule has 0 aromatic heterocycles. The Balaban J connectivity index is 2.44. The molecule has 70 valence electrons. The van der Waals surface area contributed by atoms with E-state index in [1.165, 1.54) is 0 Å². The Morgan fingerprint density at radius 3 is 2.25 bits per heavy atom. The summed E-state index contributed by atoms with van der Waals surface area (Å²) in [4.78, 5) is 12.9. The first-order valence-electron chi connectivity index (χ1n) is 4.52. The van der Waals surface area contributed by atoms with Crippen molar-refractivity contribution in [2.45, 2.75) is 32.2 Å². The molecule has 12 heavy (non-hydrogen) atoms. The predicted octanol–water partition coefficient (Wildman–Crippen LogP) is 0.607. The van der Waals surface area contributed by atoms with Gasteiger partial charge in [-0.1, -0.05) is 0 Å². The van der Waals surface area contributed by atoms with Crippen molar-refractivity contribution in [3.8, 4) is 0 Å². The van der Waals surface area contributed by atoms with Crippen LogP contribution in [0.2, 0.25) is 0 Å². The maximum atomic E-state index is 11.0. The molecule has 0 spiro atoms. The van der Waals surface area contributed by atoms with Gasteiger partial charge in [0.1, 0.15) is 0 Å². The van der Waals surface area contributed by atoms with Crippen molar-refractivity contribution in [2.24, 2.45) is 0 Å². The molecule has 0 aliphatic carbocycles. The van der Waals surface area contributed by atoms with Gasteiger partial charge in [-0.2, -0.15) is 0 Å². The van der Waals surface area contributed by atoms with E-state index >= 15 is 0 Å². The molecule has 1 rings (SSSR count). The molecule has 0 aromatic carbocycles. The second-order valence-corrected chi connectivity index (χ2v) is 3.82. The lowest BCUT2D eigenvalue weighted by atomic mass is 9.90. The summed E-state index contributed by atoms with van der Waals surface area (Å²) in [6.45, 7) is 5.64. The van der Waals surface area contributed by atoms with Crippen molar-refractivity contribution >= 4 is 5.91 Å². The third-order valence-electron chi connectivity index (χ3n) is 2.92. The average molecular weight is 170 g/mol. The Bertz CT molecular complexity index is 171. The zero-order chi connectivity index (χ0) is 9.19. The number of amides is 1. The molecule has 3 nitrogen and oxygen atoms in total. The van der Waals surface area contributed by atoms with Gasteiger partial charge in [-0.3, -0.25) is 4.79 Å². The summed E-state index contributed by atoms with van der Waals surface area (Å²) in [5, 5.41) is 3.30. The number of piperidine rings is 1. The van der Waals surface area contributed by atoms with Crippen molar-refractivity contribution in [1.82, 2.24) is 10.2 Å². The van der Waals surface area contributed by atoms with Gasteiger partial charge in [0.05, 0.1) is 0 Å². The van der Waals surface area contributed by atoms with Crippen molar-refractivity contribution in [1.29, 1.82) is 0 Å². The lowest BCUT2D eigenvalue weighted by Gasteiger charge is -2.38. The second-order valence-electron chi connectivity index (χ2n) is 3.82. The number of rotatable bonds is 1. The molecule has 0 radical (unpaired) electrons. The fourth-order valence-electron chi connectivity index (χ4n) is 1.57. The van der Waals surface area contributed by atoms with Crippen LogP contribution >= 0.6 is 0 Å². The molecule has 1 saturated heterocycles. The molecule has 0 saturated carbocycles. The Labute approximate surface area is 74.1 Å². The van der Waals surface area contributed by atoms with Gasteiger partial charge in [0.15, 0.2) is 0 Å². The quantitative estimate of drug-likeness (QED) is 0.625. The number of likely N-dealkylation sites (tertiary alicyclic amines) is 1. The highest BCUT2D eigenvalue weighted by molar-refractivity contribution is 5.73. The van der Waals surface area contributed by atoms with Crippen LogP contribution in [0.5, 0.6) is 0 Å². The fraction of sp³-hybridized carbons (Fsp3) is 0.889. The van der Waals surface area contributed by atoms with E-state index in [4.69, 9.17) is 0 Å². The maximum Gasteiger partial charge on any atom is 0.219 e. The minimum absolute atomic E-state index is 0.202. The number of carbonyl (C=O) groups excluding carboxylic acids is 1. The Morgan fingerprint density at radius 2 is 1.92 bits per heavy atom. The van der Waals surface area contributed by atoms with Gasteiger partial charge >= 0.3 is 0 Å². The van der Waals surface area contributed by atoms with Gasteiger partial charge in [-0.15, -0.1) is 0 Å². The molecular weight excluding hydrogens is 152 g/mol. The van der Waals surface area contributed by atoms with Crippen molar-refractivity contribution in [2.75, 3.05) is 20.1 Å². The van der Waals surface area contributed by atoms with Crippen LogP contribution in [0.15, 0.2) is 0 Å². The second kappa shape index (κ2) is 3.44. The summed E-state index contributed by atoms with van der Waals surface area (Å²) in [5.74, 6) is 0.202. The molecule has 1 N–H and O–H groups in total. The summed E-state index contributed by atoms with van der Waals surface area (Å²) in [6.07, 6.45) is 2.12. The maximum absolute atomic E-state index is 11.0. The van der Waals surface area contributed by atoms with Gasteiger partial charge < -0.3 is 10.2 Å². The van der Waals surface area contributed by atoms with Crippen LogP contribution in [0, 0.1) is 0 Å². The van der Waals surface area contributed by atoms with E-state index in [1.807, 2.05) is 11.9 Å². The first-order chi connectivity index (χ1) is 5.57. The van der Waals surface area contributed by atoms with Crippen LogP contribution in [0.1, 0.15) is 26.7 Å². The van der Waals surface area contributed by atoms with Crippen molar-refractivity contribution in [3.05, 3.63) is 0 Å². The molecule has 1 fully saturated rings. The first kappa shape index (κ1) is 9.52. The van der Waals surface area contributed by atoms with E-state index in [0.717, 1.165) is 25.9 Å². The van der Waals surface area contributed by atoms with Crippen LogP contribution in [-0.4, -0.2) is 36.5 Å². The molecule has 0 bridgehead atoms. The lowest BCUT2D eigenvalue weighted by Crippen LogP contribution is -2.50. The third kappa shape index (κ3) is 1.97. The summed E-state index contributed by atoms with van der Waals surface area (Å²) in [5.41, 5.74) is 0.242. The number of hydrogen-bond acceptors (Lipinski definition) is 2. The molecule has 1 heterocycles. The van der Waals surface area contributed by atoms with E-state index in [-0.39, 0.29) is 11.4 Å². The molecule has 1 aliphatic heterocycles. The highest BCUT2D eigenvalue weighted by Crippen LogP contribution is 2.20. The SMILES string of the molecule is CNC1(C)CCN(C(C)=O)CC1. The average Bonchev–Trinajstić information content (AvgIpc) is 2.05. The van der Waals surface area contributed by atoms with Crippen molar-refractivity contribution < 1.29 is 4.79 Å². The normalized spacial score (nSPS) is 22.4. The zero-order valence-electron chi connectivity index (χ0n) is 8.18. The number of nitrogens with one attached hydrogen (secondary N) is 1. The standard InChI is InChI=1S/C9H18N2O/c1-8(12)11-6-4-9(2,10-3)5-7-11/h10H,4-7H2,1-3H3. The molecule has 0 atom stereocenters. The van der Waals surface area contributed by atoms with Gasteiger partial charge in [0.25, 0.3) is 0 Å². The Hall–Kier alpha value is -0.570. The van der Waals surface area contributed by atoms with Crippen LogP contribution in [-0.2, 0) is 4.79 Å². The van der Waals surface area contributed by atoms with Crippen LogP contribution in [0.25, 0.3) is 0 Å². The first-order valence-corrected chi connectivity index (χ1v) is 4.52. The summed E-state index contributed by atoms with van der Waals surface area (Å²) in [6, 6.07) is 0. The molecule has 3 heteroatoms. The highest BCUT2D eigenvalue weighted by atomic mass is 16.2. The Kier molecular flexibility index (Phi) is 2.73. The Morgan fingerprint density at radius 1 is 1.42 bits per heavy atom. The van der Waals surface area contributed by atoms with Crippen molar-refractivity contribution in [3.63, 3.8) is 0 Å². The van der Waals surface area contributed by atoms with E-state index in [2.05, 4.69) is 12.2 Å². The number of carbonyl (C=O) groups is 1. The topological polar surface area (TPSA) is 32.3 Å². The fourth-order valence-corrected chi connectivity index (χ4v) is 1.57. The number of nitrogens with zero attached hydrogens (tertiary/aromatic N) is 1. The predicted molar refractivity (Wildman–Crippen MR) is 49.0 cm³/mol. The van der Waals surface area contributed by atoms with Crippen LogP contribution in [0.3, 0.4) is 0 Å². The minimum Gasteiger partial charge on any atom is -0.343 e.